The molecule has 1 amide bonds. The van der Waals surface area contributed by atoms with Crippen LogP contribution in [0.25, 0.3) is 0 Å². The summed E-state index contributed by atoms with van der Waals surface area (Å²) in [6, 6.07) is 2.54. The molecule has 2 heterocycles. The molecule has 1 N–H and O–H groups in total. The number of hydrogen-bond acceptors (Lipinski definition) is 4. The van der Waals surface area contributed by atoms with Crippen molar-refractivity contribution in [2.75, 3.05) is 5.32 Å². The van der Waals surface area contributed by atoms with Gasteiger partial charge in [0.25, 0.3) is 5.91 Å². The van der Waals surface area contributed by atoms with E-state index in [4.69, 9.17) is 0 Å². The van der Waals surface area contributed by atoms with E-state index in [0.717, 1.165) is 11.8 Å². The number of nitrogens with one attached hydrogen (secondary N) is 1. The summed E-state index contributed by atoms with van der Waals surface area (Å²) in [5.41, 5.74) is 1.15. The maximum Gasteiger partial charge on any atom is 0.257 e. The van der Waals surface area contributed by atoms with Crippen molar-refractivity contribution in [2.45, 2.75) is 19.8 Å². The molecule has 0 fully saturated rings. The van der Waals surface area contributed by atoms with Crippen LogP contribution in [-0.4, -0.2) is 15.9 Å². The SMILES string of the molecule is CC(C)c1csc(NC(=O)c2ccnc(F)c2)n1. The fraction of sp³-hybridized carbons (Fsp3) is 0.250. The van der Waals surface area contributed by atoms with Crippen LogP contribution in [0.5, 0.6) is 0 Å². The van der Waals surface area contributed by atoms with Crippen LogP contribution in [0.1, 0.15) is 35.8 Å². The lowest BCUT2D eigenvalue weighted by Crippen LogP contribution is -2.12. The van der Waals surface area contributed by atoms with Gasteiger partial charge in [-0.15, -0.1) is 11.3 Å². The lowest BCUT2D eigenvalue weighted by atomic mass is 10.2. The molecule has 0 bridgehead atoms. The van der Waals surface area contributed by atoms with Gasteiger partial charge in [0.1, 0.15) is 0 Å². The van der Waals surface area contributed by atoms with Gasteiger partial charge in [-0.2, -0.15) is 4.39 Å². The highest BCUT2D eigenvalue weighted by Gasteiger charge is 2.11. The lowest BCUT2D eigenvalue weighted by Gasteiger charge is -2.01. The van der Waals surface area contributed by atoms with E-state index in [1.54, 1.807) is 0 Å². The molecule has 0 aliphatic heterocycles. The van der Waals surface area contributed by atoms with E-state index in [1.807, 2.05) is 19.2 Å². The molecule has 0 spiro atoms. The lowest BCUT2D eigenvalue weighted by molar-refractivity contribution is 0.102. The van der Waals surface area contributed by atoms with Crippen molar-refractivity contribution in [2.24, 2.45) is 0 Å². The van der Waals surface area contributed by atoms with Gasteiger partial charge in [-0.3, -0.25) is 10.1 Å². The fourth-order valence-corrected chi connectivity index (χ4v) is 2.19. The molecule has 0 aliphatic rings. The van der Waals surface area contributed by atoms with Crippen LogP contribution in [0.3, 0.4) is 0 Å². The fourth-order valence-electron chi connectivity index (χ4n) is 1.32. The molecule has 0 saturated heterocycles. The number of anilines is 1. The smallest absolute Gasteiger partial charge is 0.257 e. The molecular weight excluding hydrogens is 253 g/mol. The average Bonchev–Trinajstić information content (AvgIpc) is 2.77. The predicted octanol–water partition coefficient (Wildman–Crippen LogP) is 3.05. The number of carbonyl (C=O) groups excluding carboxylic acids is 1. The summed E-state index contributed by atoms with van der Waals surface area (Å²) in [4.78, 5) is 19.5. The minimum atomic E-state index is -0.676. The first-order chi connectivity index (χ1) is 8.56. The standard InChI is InChI=1S/C12H12FN3OS/c1-7(2)9-6-18-12(15-9)16-11(17)8-3-4-14-10(13)5-8/h3-7H,1-2H3,(H,15,16,17). The van der Waals surface area contributed by atoms with E-state index in [9.17, 15) is 9.18 Å². The first-order valence-electron chi connectivity index (χ1n) is 5.44. The maximum atomic E-state index is 12.9. The molecule has 4 nitrogen and oxygen atoms in total. The van der Waals surface area contributed by atoms with Gasteiger partial charge in [-0.25, -0.2) is 9.97 Å². The van der Waals surface area contributed by atoms with Crippen LogP contribution in [0.4, 0.5) is 9.52 Å². The molecule has 0 atom stereocenters. The van der Waals surface area contributed by atoms with Crippen molar-refractivity contribution in [1.82, 2.24) is 9.97 Å². The predicted molar refractivity (Wildman–Crippen MR) is 68.4 cm³/mol. The summed E-state index contributed by atoms with van der Waals surface area (Å²) in [5, 5.41) is 5.05. The molecular formula is C12H12FN3OS. The Morgan fingerprint density at radius 1 is 1.50 bits per heavy atom. The van der Waals surface area contributed by atoms with Gasteiger partial charge in [0, 0.05) is 23.2 Å². The highest BCUT2D eigenvalue weighted by atomic mass is 32.1. The van der Waals surface area contributed by atoms with Crippen LogP contribution in [-0.2, 0) is 0 Å². The van der Waals surface area contributed by atoms with Crippen LogP contribution < -0.4 is 5.32 Å². The Morgan fingerprint density at radius 2 is 2.28 bits per heavy atom. The second-order valence-electron chi connectivity index (χ2n) is 4.05. The Hall–Kier alpha value is -1.82. The van der Waals surface area contributed by atoms with Crippen molar-refractivity contribution in [3.8, 4) is 0 Å². The van der Waals surface area contributed by atoms with Gasteiger partial charge < -0.3 is 0 Å². The zero-order chi connectivity index (χ0) is 13.1. The van der Waals surface area contributed by atoms with E-state index in [-0.39, 0.29) is 11.5 Å². The summed E-state index contributed by atoms with van der Waals surface area (Å²) in [7, 11) is 0. The molecule has 2 aromatic heterocycles. The zero-order valence-electron chi connectivity index (χ0n) is 9.98. The Morgan fingerprint density at radius 3 is 2.89 bits per heavy atom. The first kappa shape index (κ1) is 12.6. The molecule has 94 valence electrons. The number of thiazole rings is 1. The van der Waals surface area contributed by atoms with Crippen molar-refractivity contribution >= 4 is 22.4 Å². The number of amides is 1. The minimum Gasteiger partial charge on any atom is -0.298 e. The number of carbonyl (C=O) groups is 1. The van der Waals surface area contributed by atoms with Crippen molar-refractivity contribution in [3.05, 3.63) is 40.9 Å². The van der Waals surface area contributed by atoms with Crippen LogP contribution in [0.2, 0.25) is 0 Å². The third-order valence-corrected chi connectivity index (χ3v) is 3.10. The van der Waals surface area contributed by atoms with E-state index >= 15 is 0 Å². The molecule has 0 unspecified atom stereocenters. The van der Waals surface area contributed by atoms with E-state index in [0.29, 0.717) is 11.0 Å². The summed E-state index contributed by atoms with van der Waals surface area (Å²) in [6.45, 7) is 4.05. The monoisotopic (exact) mass is 265 g/mol. The number of rotatable bonds is 3. The first-order valence-corrected chi connectivity index (χ1v) is 6.32. The van der Waals surface area contributed by atoms with Gasteiger partial charge in [-0.1, -0.05) is 13.8 Å². The van der Waals surface area contributed by atoms with Crippen LogP contribution >= 0.6 is 11.3 Å². The Labute approximate surface area is 108 Å². The topological polar surface area (TPSA) is 54.9 Å². The number of aromatic nitrogens is 2. The van der Waals surface area contributed by atoms with Crippen molar-refractivity contribution in [3.63, 3.8) is 0 Å². The van der Waals surface area contributed by atoms with Gasteiger partial charge in [0.05, 0.1) is 5.69 Å². The molecule has 2 rings (SSSR count). The Kier molecular flexibility index (Phi) is 3.66. The van der Waals surface area contributed by atoms with Crippen molar-refractivity contribution in [1.29, 1.82) is 0 Å². The number of pyridine rings is 1. The van der Waals surface area contributed by atoms with Crippen LogP contribution in [0, 0.1) is 5.95 Å². The summed E-state index contributed by atoms with van der Waals surface area (Å²) in [6.07, 6.45) is 1.26. The van der Waals surface area contributed by atoms with E-state index in [2.05, 4.69) is 15.3 Å². The summed E-state index contributed by atoms with van der Waals surface area (Å²) in [5.74, 6) is -0.754. The second kappa shape index (κ2) is 5.22. The number of halogens is 1. The Bertz CT molecular complexity index is 568. The van der Waals surface area contributed by atoms with Gasteiger partial charge in [0.2, 0.25) is 5.95 Å². The van der Waals surface area contributed by atoms with Gasteiger partial charge in [-0.05, 0) is 12.0 Å². The van der Waals surface area contributed by atoms with Gasteiger partial charge >= 0.3 is 0 Å². The van der Waals surface area contributed by atoms with Crippen LogP contribution in [0.15, 0.2) is 23.7 Å². The summed E-state index contributed by atoms with van der Waals surface area (Å²) >= 11 is 1.35. The van der Waals surface area contributed by atoms with E-state index in [1.165, 1.54) is 23.6 Å². The molecule has 6 heteroatoms. The normalized spacial score (nSPS) is 10.7. The molecule has 0 aliphatic carbocycles. The highest BCUT2D eigenvalue weighted by molar-refractivity contribution is 7.14. The molecule has 0 saturated carbocycles. The minimum absolute atomic E-state index is 0.226. The molecule has 18 heavy (non-hydrogen) atoms. The summed E-state index contributed by atoms with van der Waals surface area (Å²) < 4.78 is 12.9. The third-order valence-electron chi connectivity index (χ3n) is 2.32. The highest BCUT2D eigenvalue weighted by Crippen LogP contribution is 2.21. The zero-order valence-corrected chi connectivity index (χ0v) is 10.8. The Balaban J connectivity index is 2.11. The van der Waals surface area contributed by atoms with Crippen molar-refractivity contribution < 1.29 is 9.18 Å². The second-order valence-corrected chi connectivity index (χ2v) is 4.91. The number of hydrogen-bond donors (Lipinski definition) is 1. The van der Waals surface area contributed by atoms with E-state index < -0.39 is 5.95 Å². The molecule has 0 aromatic carbocycles. The molecule has 0 radical (unpaired) electrons. The average molecular weight is 265 g/mol. The largest absolute Gasteiger partial charge is 0.298 e. The quantitative estimate of drug-likeness (QED) is 0.868. The number of nitrogens with zero attached hydrogens (tertiary/aromatic N) is 2. The van der Waals surface area contributed by atoms with Gasteiger partial charge in [0.15, 0.2) is 5.13 Å². The molecule has 2 aromatic rings. The maximum absolute atomic E-state index is 12.9. The third kappa shape index (κ3) is 2.89.